The van der Waals surface area contributed by atoms with E-state index in [0.717, 1.165) is 11.6 Å². The number of nitrogens with zero attached hydrogens (tertiary/aromatic N) is 2. The standard InChI is InChI=1S/C20H17F3N2O2S/c1-2-28(26)19-24-17(12-18(25-19)20(21,22)23)15-9-6-10-16(11-15)27-13-14-7-4-3-5-8-14/h3-12H,2,13H2,1H3/t28-/m1/s1. The van der Waals surface area contributed by atoms with Crippen molar-refractivity contribution >= 4 is 10.8 Å². The molecule has 0 spiro atoms. The van der Waals surface area contributed by atoms with Crippen molar-refractivity contribution in [2.45, 2.75) is 24.9 Å². The third kappa shape index (κ3) is 4.95. The molecule has 1 aromatic heterocycles. The number of aromatic nitrogens is 2. The van der Waals surface area contributed by atoms with Gasteiger partial charge < -0.3 is 4.74 Å². The van der Waals surface area contributed by atoms with E-state index in [-0.39, 0.29) is 16.6 Å². The van der Waals surface area contributed by atoms with E-state index in [1.165, 1.54) is 0 Å². The van der Waals surface area contributed by atoms with Crippen molar-refractivity contribution < 1.29 is 22.1 Å². The molecule has 8 heteroatoms. The molecule has 0 N–H and O–H groups in total. The monoisotopic (exact) mass is 406 g/mol. The molecule has 1 heterocycles. The van der Waals surface area contributed by atoms with E-state index in [9.17, 15) is 17.4 Å². The Morgan fingerprint density at radius 3 is 2.43 bits per heavy atom. The van der Waals surface area contributed by atoms with Crippen molar-refractivity contribution in [1.29, 1.82) is 0 Å². The minimum absolute atomic E-state index is 0.0456. The molecule has 0 amide bonds. The molecule has 0 aliphatic carbocycles. The van der Waals surface area contributed by atoms with E-state index in [0.29, 0.717) is 17.9 Å². The first-order valence-corrected chi connectivity index (χ1v) is 9.80. The van der Waals surface area contributed by atoms with Gasteiger partial charge in [0.1, 0.15) is 18.1 Å². The van der Waals surface area contributed by atoms with E-state index < -0.39 is 22.7 Å². The Bertz CT molecular complexity index is 979. The van der Waals surface area contributed by atoms with Crippen molar-refractivity contribution in [1.82, 2.24) is 9.97 Å². The van der Waals surface area contributed by atoms with Crippen LogP contribution in [0.3, 0.4) is 0 Å². The highest BCUT2D eigenvalue weighted by molar-refractivity contribution is 7.84. The Kier molecular flexibility index (Phi) is 6.08. The van der Waals surface area contributed by atoms with Gasteiger partial charge in [-0.25, -0.2) is 9.97 Å². The fourth-order valence-electron chi connectivity index (χ4n) is 2.44. The fraction of sp³-hybridized carbons (Fsp3) is 0.200. The maximum Gasteiger partial charge on any atom is 0.433 e. The van der Waals surface area contributed by atoms with Crippen LogP contribution >= 0.6 is 0 Å². The van der Waals surface area contributed by atoms with Gasteiger partial charge in [-0.15, -0.1) is 0 Å². The molecule has 0 saturated carbocycles. The second kappa shape index (κ2) is 8.52. The molecule has 0 saturated heterocycles. The lowest BCUT2D eigenvalue weighted by atomic mass is 10.1. The highest BCUT2D eigenvalue weighted by Gasteiger charge is 2.34. The summed E-state index contributed by atoms with van der Waals surface area (Å²) in [7, 11) is -1.71. The zero-order chi connectivity index (χ0) is 20.1. The van der Waals surface area contributed by atoms with E-state index in [1.807, 2.05) is 30.3 Å². The van der Waals surface area contributed by atoms with E-state index in [1.54, 1.807) is 31.2 Å². The number of hydrogen-bond acceptors (Lipinski definition) is 4. The summed E-state index contributed by atoms with van der Waals surface area (Å²) in [5.74, 6) is 0.618. The lowest BCUT2D eigenvalue weighted by molar-refractivity contribution is -0.141. The first-order valence-electron chi connectivity index (χ1n) is 8.48. The van der Waals surface area contributed by atoms with Crippen LogP contribution in [0.25, 0.3) is 11.3 Å². The molecule has 0 aliphatic heterocycles. The Morgan fingerprint density at radius 1 is 1.00 bits per heavy atom. The topological polar surface area (TPSA) is 52.1 Å². The minimum atomic E-state index is -4.66. The Hall–Kier alpha value is -2.74. The largest absolute Gasteiger partial charge is 0.489 e. The predicted octanol–water partition coefficient (Wildman–Crippen LogP) is 4.87. The highest BCUT2D eigenvalue weighted by Crippen LogP contribution is 2.31. The van der Waals surface area contributed by atoms with Crippen molar-refractivity contribution in [3.8, 4) is 17.0 Å². The van der Waals surface area contributed by atoms with Gasteiger partial charge in [0.2, 0.25) is 5.16 Å². The van der Waals surface area contributed by atoms with Crippen molar-refractivity contribution in [3.05, 3.63) is 71.9 Å². The van der Waals surface area contributed by atoms with Crippen LogP contribution in [0.15, 0.2) is 65.8 Å². The summed E-state index contributed by atoms with van der Waals surface area (Å²) in [6, 6.07) is 17.0. The zero-order valence-corrected chi connectivity index (χ0v) is 15.8. The summed E-state index contributed by atoms with van der Waals surface area (Å²) < 4.78 is 57.3. The number of hydrogen-bond donors (Lipinski definition) is 0. The van der Waals surface area contributed by atoms with E-state index in [2.05, 4.69) is 9.97 Å². The predicted molar refractivity (Wildman–Crippen MR) is 100 cm³/mol. The molecule has 2 aromatic carbocycles. The Balaban J connectivity index is 1.93. The number of ether oxygens (including phenoxy) is 1. The maximum atomic E-state index is 13.2. The van der Waals surface area contributed by atoms with E-state index in [4.69, 9.17) is 4.74 Å². The van der Waals surface area contributed by atoms with Crippen LogP contribution < -0.4 is 4.74 Å². The normalized spacial score (nSPS) is 12.6. The molecule has 0 radical (unpaired) electrons. The number of benzene rings is 2. The van der Waals surface area contributed by atoms with Gasteiger partial charge in [-0.2, -0.15) is 13.2 Å². The van der Waals surface area contributed by atoms with Crippen LogP contribution in [0.5, 0.6) is 5.75 Å². The molecule has 0 aliphatic rings. The van der Waals surface area contributed by atoms with Crippen LogP contribution in [0.1, 0.15) is 18.2 Å². The first kappa shape index (κ1) is 20.0. The number of alkyl halides is 3. The molecule has 28 heavy (non-hydrogen) atoms. The molecule has 146 valence electrons. The van der Waals surface area contributed by atoms with Crippen LogP contribution in [0.4, 0.5) is 13.2 Å². The lowest BCUT2D eigenvalue weighted by Gasteiger charge is -2.11. The molecule has 4 nitrogen and oxygen atoms in total. The average molecular weight is 406 g/mol. The molecule has 0 fully saturated rings. The molecular formula is C20H17F3N2O2S. The SMILES string of the molecule is CC[S@@](=O)c1nc(-c2cccc(OCc3ccccc3)c2)cc(C(F)(F)F)n1. The summed E-state index contributed by atoms with van der Waals surface area (Å²) in [5, 5.41) is -0.331. The van der Waals surface area contributed by atoms with Crippen LogP contribution in [0, 0.1) is 0 Å². The molecule has 3 rings (SSSR count). The third-order valence-electron chi connectivity index (χ3n) is 3.84. The van der Waals surface area contributed by atoms with Gasteiger partial charge in [-0.05, 0) is 23.8 Å². The fourth-order valence-corrected chi connectivity index (χ4v) is 3.09. The quantitative estimate of drug-likeness (QED) is 0.548. The molecule has 0 unspecified atom stereocenters. The van der Waals surface area contributed by atoms with Crippen LogP contribution in [-0.2, 0) is 23.6 Å². The average Bonchev–Trinajstić information content (AvgIpc) is 2.71. The van der Waals surface area contributed by atoms with Gasteiger partial charge in [0.25, 0.3) is 0 Å². The van der Waals surface area contributed by atoms with Gasteiger partial charge in [0, 0.05) is 11.3 Å². The first-order chi connectivity index (χ1) is 13.4. The Labute approximate surface area is 162 Å². The minimum Gasteiger partial charge on any atom is -0.489 e. The summed E-state index contributed by atoms with van der Waals surface area (Å²) >= 11 is 0. The molecular weight excluding hydrogens is 389 g/mol. The highest BCUT2D eigenvalue weighted by atomic mass is 32.2. The second-order valence-electron chi connectivity index (χ2n) is 5.86. The molecule has 3 aromatic rings. The molecule has 1 atom stereocenters. The summed E-state index contributed by atoms with van der Waals surface area (Å²) in [6.07, 6.45) is -4.66. The summed E-state index contributed by atoms with van der Waals surface area (Å²) in [6.45, 7) is 1.92. The Morgan fingerprint density at radius 2 is 1.75 bits per heavy atom. The van der Waals surface area contributed by atoms with Gasteiger partial charge in [0.15, 0.2) is 0 Å². The van der Waals surface area contributed by atoms with Crippen molar-refractivity contribution in [2.75, 3.05) is 5.75 Å². The summed E-state index contributed by atoms with van der Waals surface area (Å²) in [5.41, 5.74) is 0.317. The number of halogens is 3. The smallest absolute Gasteiger partial charge is 0.433 e. The van der Waals surface area contributed by atoms with Crippen molar-refractivity contribution in [3.63, 3.8) is 0 Å². The zero-order valence-electron chi connectivity index (χ0n) is 14.9. The third-order valence-corrected chi connectivity index (χ3v) is 4.95. The van der Waals surface area contributed by atoms with E-state index >= 15 is 0 Å². The van der Waals surface area contributed by atoms with Crippen molar-refractivity contribution in [2.24, 2.45) is 0 Å². The molecule has 0 bridgehead atoms. The van der Waals surface area contributed by atoms with Crippen LogP contribution in [0.2, 0.25) is 0 Å². The van der Waals surface area contributed by atoms with Gasteiger partial charge in [-0.3, -0.25) is 4.21 Å². The van der Waals surface area contributed by atoms with Gasteiger partial charge in [-0.1, -0.05) is 49.4 Å². The lowest BCUT2D eigenvalue weighted by Crippen LogP contribution is -2.13. The maximum absolute atomic E-state index is 13.2. The van der Waals surface area contributed by atoms with Gasteiger partial charge >= 0.3 is 6.18 Å². The van der Waals surface area contributed by atoms with Crippen LogP contribution in [-0.4, -0.2) is 19.9 Å². The summed E-state index contributed by atoms with van der Waals surface area (Å²) in [4.78, 5) is 7.51. The second-order valence-corrected chi connectivity index (χ2v) is 7.49. The van der Waals surface area contributed by atoms with Gasteiger partial charge in [0.05, 0.1) is 16.5 Å². The number of rotatable bonds is 6.